The quantitative estimate of drug-likeness (QED) is 0.0701. The van der Waals surface area contributed by atoms with Crippen LogP contribution in [0.25, 0.3) is 22.3 Å². The molecular weight excluding hydrogens is 818 g/mol. The Morgan fingerprint density at radius 3 is 1.26 bits per heavy atom. The molecule has 2 aromatic heterocycles. The van der Waals surface area contributed by atoms with E-state index in [4.69, 9.17) is 65.4 Å². The fourth-order valence-electron chi connectivity index (χ4n) is 6.16. The van der Waals surface area contributed by atoms with E-state index in [1.54, 1.807) is 49.1 Å². The Morgan fingerprint density at radius 1 is 0.517 bits per heavy atom. The van der Waals surface area contributed by atoms with Crippen LogP contribution in [0.1, 0.15) is 50.7 Å². The normalized spacial score (nSPS) is 12.0. The summed E-state index contributed by atoms with van der Waals surface area (Å²) in [4.78, 5) is 34.4. The maximum absolute atomic E-state index is 12.9. The molecule has 0 aliphatic carbocycles. The van der Waals surface area contributed by atoms with Crippen molar-refractivity contribution in [2.24, 2.45) is 0 Å². The van der Waals surface area contributed by atoms with Crippen molar-refractivity contribution < 1.29 is 28.5 Å². The summed E-state index contributed by atoms with van der Waals surface area (Å²) in [6, 6.07) is 29.8. The minimum absolute atomic E-state index is 0.451. The first-order valence-corrected chi connectivity index (χ1v) is 20.3. The molecule has 2 heterocycles. The molecule has 12 heteroatoms. The number of pyridine rings is 2. The summed E-state index contributed by atoms with van der Waals surface area (Å²) in [6.07, 6.45) is 8.63. The highest BCUT2D eigenvalue weighted by Gasteiger charge is 2.25. The first kappa shape index (κ1) is 42.5. The number of ether oxygens (including phenoxy) is 4. The molecular formula is C46H40Cl4N2O6. The lowest BCUT2D eigenvalue weighted by Gasteiger charge is -2.19. The Morgan fingerprint density at radius 2 is 0.897 bits per heavy atom. The van der Waals surface area contributed by atoms with E-state index in [2.05, 4.69) is 9.97 Å². The summed E-state index contributed by atoms with van der Waals surface area (Å²) >= 11 is 24.6. The highest BCUT2D eigenvalue weighted by atomic mass is 35.5. The number of benzene rings is 4. The van der Waals surface area contributed by atoms with Crippen LogP contribution < -0.4 is 9.47 Å². The SMILES string of the molecule is CCC(CCc1cnccc1Oc1ccc(-c2ccc(Cl)c(Cl)c2)cc1)OC(=O)C(=O)OC(CC)CCc1cnccc1Oc1ccc(-c2ccc(Cl)c(Cl)c2)cc1. The van der Waals surface area contributed by atoms with E-state index in [1.165, 1.54) is 0 Å². The smallest absolute Gasteiger partial charge is 0.417 e. The molecule has 0 amide bonds. The molecule has 0 aliphatic heterocycles. The van der Waals surface area contributed by atoms with E-state index in [0.29, 0.717) is 81.6 Å². The molecule has 0 fully saturated rings. The van der Waals surface area contributed by atoms with Crippen molar-refractivity contribution in [3.8, 4) is 45.3 Å². The Kier molecular flexibility index (Phi) is 15.0. The Hall–Kier alpha value is -5.12. The van der Waals surface area contributed by atoms with Gasteiger partial charge in [-0.2, -0.15) is 0 Å². The molecule has 0 saturated heterocycles. The van der Waals surface area contributed by atoms with Crippen molar-refractivity contribution in [1.29, 1.82) is 0 Å². The number of carbonyl (C=O) groups excluding carboxylic acids is 2. The fraction of sp³-hybridized carbons (Fsp3) is 0.217. The van der Waals surface area contributed by atoms with Crippen LogP contribution in [0.4, 0.5) is 0 Å². The van der Waals surface area contributed by atoms with Crippen LogP contribution in [0, 0.1) is 0 Å². The highest BCUT2D eigenvalue weighted by molar-refractivity contribution is 6.42. The van der Waals surface area contributed by atoms with E-state index in [0.717, 1.165) is 33.4 Å². The third-order valence-electron chi connectivity index (χ3n) is 9.48. The van der Waals surface area contributed by atoms with Crippen LogP contribution in [-0.2, 0) is 31.9 Å². The zero-order valence-corrected chi connectivity index (χ0v) is 34.8. The summed E-state index contributed by atoms with van der Waals surface area (Å²) in [6.45, 7) is 3.79. The zero-order valence-electron chi connectivity index (χ0n) is 31.8. The number of carbonyl (C=O) groups is 2. The van der Waals surface area contributed by atoms with Crippen molar-refractivity contribution >= 4 is 58.3 Å². The minimum Gasteiger partial charge on any atom is -0.457 e. The van der Waals surface area contributed by atoms with Crippen LogP contribution in [0.3, 0.4) is 0 Å². The molecule has 6 rings (SSSR count). The molecule has 0 radical (unpaired) electrons. The number of aryl methyl sites for hydroxylation is 2. The first-order valence-electron chi connectivity index (χ1n) is 18.8. The number of hydrogen-bond donors (Lipinski definition) is 0. The molecule has 0 spiro atoms. The summed E-state index contributed by atoms with van der Waals surface area (Å²) in [5.41, 5.74) is 5.46. The summed E-state index contributed by atoms with van der Waals surface area (Å²) < 4.78 is 23.7. The van der Waals surface area contributed by atoms with Crippen molar-refractivity contribution in [1.82, 2.24) is 9.97 Å². The fourth-order valence-corrected chi connectivity index (χ4v) is 6.76. The lowest BCUT2D eigenvalue weighted by atomic mass is 10.1. The van der Waals surface area contributed by atoms with Gasteiger partial charge >= 0.3 is 11.9 Å². The van der Waals surface area contributed by atoms with Gasteiger partial charge in [-0.3, -0.25) is 9.97 Å². The average molecular weight is 859 g/mol. The van der Waals surface area contributed by atoms with Crippen LogP contribution in [0.2, 0.25) is 20.1 Å². The van der Waals surface area contributed by atoms with Gasteiger partial charge in [0.25, 0.3) is 0 Å². The molecule has 0 saturated carbocycles. The molecule has 0 bridgehead atoms. The molecule has 0 aliphatic rings. The second-order valence-electron chi connectivity index (χ2n) is 13.4. The molecule has 2 atom stereocenters. The van der Waals surface area contributed by atoms with Crippen LogP contribution >= 0.6 is 46.4 Å². The van der Waals surface area contributed by atoms with Crippen LogP contribution in [0.15, 0.2) is 122 Å². The predicted octanol–water partition coefficient (Wildman–Crippen LogP) is 13.2. The largest absolute Gasteiger partial charge is 0.457 e. The topological polar surface area (TPSA) is 96.8 Å². The minimum atomic E-state index is -1.02. The van der Waals surface area contributed by atoms with Crippen LogP contribution in [0.5, 0.6) is 23.0 Å². The van der Waals surface area contributed by atoms with Crippen molar-refractivity contribution in [3.63, 3.8) is 0 Å². The van der Waals surface area contributed by atoms with E-state index >= 15 is 0 Å². The maximum atomic E-state index is 12.9. The zero-order chi connectivity index (χ0) is 41.0. The third-order valence-corrected chi connectivity index (χ3v) is 11.0. The monoisotopic (exact) mass is 856 g/mol. The molecule has 58 heavy (non-hydrogen) atoms. The Bertz CT molecular complexity index is 2180. The average Bonchev–Trinajstić information content (AvgIpc) is 3.24. The lowest BCUT2D eigenvalue weighted by molar-refractivity contribution is -0.174. The maximum Gasteiger partial charge on any atom is 0.417 e. The lowest BCUT2D eigenvalue weighted by Crippen LogP contribution is -2.29. The van der Waals surface area contributed by atoms with Gasteiger partial charge in [0.15, 0.2) is 0 Å². The predicted molar refractivity (Wildman–Crippen MR) is 229 cm³/mol. The molecule has 298 valence electrons. The van der Waals surface area contributed by atoms with Gasteiger partial charge in [0.2, 0.25) is 0 Å². The second-order valence-corrected chi connectivity index (χ2v) is 15.1. The van der Waals surface area contributed by atoms with Gasteiger partial charge in [0, 0.05) is 35.9 Å². The number of hydrogen-bond acceptors (Lipinski definition) is 8. The standard InChI is InChI=1S/C46H40Cl4N2O6/c1-3-35(13-9-33-27-51-23-21-43(33)55-37-15-5-29(6-16-37)31-11-19-39(47)41(49)25-31)57-45(53)46(54)58-36(4-2)14-10-34-28-52-24-22-44(34)56-38-17-7-30(8-18-38)32-12-20-40(48)42(50)26-32/h5-8,11-12,15-28,35-36H,3-4,9-10,13-14H2,1-2H3. The van der Waals surface area contributed by atoms with E-state index in [9.17, 15) is 9.59 Å². The Balaban J connectivity index is 0.988. The number of halogens is 4. The van der Waals surface area contributed by atoms with Crippen LogP contribution in [-0.4, -0.2) is 34.1 Å². The van der Waals surface area contributed by atoms with Gasteiger partial charge < -0.3 is 18.9 Å². The molecule has 0 N–H and O–H groups in total. The van der Waals surface area contributed by atoms with Gasteiger partial charge in [0.05, 0.1) is 20.1 Å². The van der Waals surface area contributed by atoms with Gasteiger partial charge in [0.1, 0.15) is 35.2 Å². The van der Waals surface area contributed by atoms with Gasteiger partial charge in [-0.1, -0.05) is 96.6 Å². The van der Waals surface area contributed by atoms with E-state index in [-0.39, 0.29) is 0 Å². The van der Waals surface area contributed by atoms with Gasteiger partial charge in [-0.05, 0) is 121 Å². The highest BCUT2D eigenvalue weighted by Crippen LogP contribution is 2.33. The van der Waals surface area contributed by atoms with E-state index < -0.39 is 24.1 Å². The molecule has 6 aromatic rings. The second kappa shape index (κ2) is 20.5. The Labute approximate surface area is 358 Å². The number of esters is 2. The number of rotatable bonds is 16. The van der Waals surface area contributed by atoms with Crippen molar-refractivity contribution in [3.05, 3.63) is 153 Å². The number of nitrogens with zero attached hydrogens (tertiary/aromatic N) is 2. The molecule has 4 aromatic carbocycles. The first-order chi connectivity index (χ1) is 28.1. The van der Waals surface area contributed by atoms with Gasteiger partial charge in [-0.15, -0.1) is 0 Å². The third kappa shape index (κ3) is 11.5. The summed E-state index contributed by atoms with van der Waals surface area (Å²) in [5, 5.41) is 1.97. The summed E-state index contributed by atoms with van der Waals surface area (Å²) in [5.74, 6) is 0.492. The van der Waals surface area contributed by atoms with Crippen molar-refractivity contribution in [2.45, 2.75) is 64.6 Å². The molecule has 8 nitrogen and oxygen atoms in total. The molecule has 2 unspecified atom stereocenters. The summed E-state index contributed by atoms with van der Waals surface area (Å²) in [7, 11) is 0. The number of aromatic nitrogens is 2. The van der Waals surface area contributed by atoms with E-state index in [1.807, 2.05) is 86.6 Å². The van der Waals surface area contributed by atoms with Crippen molar-refractivity contribution in [2.75, 3.05) is 0 Å². The van der Waals surface area contributed by atoms with Gasteiger partial charge in [-0.25, -0.2) is 9.59 Å².